The molecule has 0 saturated heterocycles. The van der Waals surface area contributed by atoms with Crippen molar-refractivity contribution in [1.29, 1.82) is 0 Å². The SMILES string of the molecule is NC1C2CCC(C2)C1C(=O)Nc1ccc(S(=O)(=O)Nc2ccccc2)cc1. The van der Waals surface area contributed by atoms with E-state index in [4.69, 9.17) is 5.73 Å². The largest absolute Gasteiger partial charge is 0.327 e. The Morgan fingerprint density at radius 2 is 1.59 bits per heavy atom. The first-order chi connectivity index (χ1) is 12.9. The third-order valence-corrected chi connectivity index (χ3v) is 7.14. The van der Waals surface area contributed by atoms with Gasteiger partial charge in [0.25, 0.3) is 10.0 Å². The Kier molecular flexibility index (Phi) is 4.65. The van der Waals surface area contributed by atoms with Crippen molar-refractivity contribution >= 4 is 27.3 Å². The van der Waals surface area contributed by atoms with Crippen LogP contribution >= 0.6 is 0 Å². The van der Waals surface area contributed by atoms with Gasteiger partial charge in [0, 0.05) is 17.4 Å². The van der Waals surface area contributed by atoms with Gasteiger partial charge in [-0.25, -0.2) is 8.42 Å². The van der Waals surface area contributed by atoms with Crippen molar-refractivity contribution in [3.05, 3.63) is 54.6 Å². The van der Waals surface area contributed by atoms with Crippen molar-refractivity contribution in [3.63, 3.8) is 0 Å². The van der Waals surface area contributed by atoms with Crippen LogP contribution in [0.5, 0.6) is 0 Å². The van der Waals surface area contributed by atoms with E-state index in [-0.39, 0.29) is 22.8 Å². The molecule has 0 aliphatic heterocycles. The lowest BCUT2D eigenvalue weighted by molar-refractivity contribution is -0.121. The third kappa shape index (κ3) is 3.57. The van der Waals surface area contributed by atoms with Crippen LogP contribution in [0.2, 0.25) is 0 Å². The number of hydrogen-bond acceptors (Lipinski definition) is 4. The van der Waals surface area contributed by atoms with Crippen molar-refractivity contribution in [2.24, 2.45) is 23.5 Å². The highest BCUT2D eigenvalue weighted by atomic mass is 32.2. The van der Waals surface area contributed by atoms with Gasteiger partial charge in [-0.1, -0.05) is 18.2 Å². The molecule has 0 spiro atoms. The number of amides is 1. The molecule has 0 aromatic heterocycles. The van der Waals surface area contributed by atoms with E-state index in [2.05, 4.69) is 10.0 Å². The average Bonchev–Trinajstić information content (AvgIpc) is 3.24. The molecule has 6 nitrogen and oxygen atoms in total. The van der Waals surface area contributed by atoms with Gasteiger partial charge in [-0.3, -0.25) is 9.52 Å². The Morgan fingerprint density at radius 3 is 2.22 bits per heavy atom. The van der Waals surface area contributed by atoms with Gasteiger partial charge in [0.05, 0.1) is 10.8 Å². The van der Waals surface area contributed by atoms with Gasteiger partial charge >= 0.3 is 0 Å². The minimum absolute atomic E-state index is 0.0623. The van der Waals surface area contributed by atoms with Crippen LogP contribution in [0.25, 0.3) is 0 Å². The highest BCUT2D eigenvalue weighted by Gasteiger charge is 2.49. The standard InChI is InChI=1S/C20H23N3O3S/c21-19-14-7-6-13(12-14)18(19)20(24)22-15-8-10-17(11-9-15)27(25,26)23-16-4-2-1-3-5-16/h1-5,8-11,13-14,18-19,23H,6-7,12,21H2,(H,22,24). The second kappa shape index (κ2) is 6.98. The van der Waals surface area contributed by atoms with Gasteiger partial charge in [0.1, 0.15) is 0 Å². The molecule has 2 aromatic carbocycles. The second-order valence-corrected chi connectivity index (χ2v) is 9.10. The van der Waals surface area contributed by atoms with Crippen molar-refractivity contribution in [2.45, 2.75) is 30.2 Å². The summed E-state index contributed by atoms with van der Waals surface area (Å²) in [4.78, 5) is 12.8. The predicted octanol–water partition coefficient (Wildman–Crippen LogP) is 2.80. The average molecular weight is 385 g/mol. The molecule has 2 fully saturated rings. The van der Waals surface area contributed by atoms with Crippen molar-refractivity contribution in [2.75, 3.05) is 10.0 Å². The summed E-state index contributed by atoms with van der Waals surface area (Å²) in [5.41, 5.74) is 7.30. The lowest BCUT2D eigenvalue weighted by Gasteiger charge is -2.27. The summed E-state index contributed by atoms with van der Waals surface area (Å²) in [7, 11) is -3.67. The van der Waals surface area contributed by atoms with Crippen LogP contribution in [0.1, 0.15) is 19.3 Å². The van der Waals surface area contributed by atoms with E-state index in [1.165, 1.54) is 12.1 Å². The zero-order valence-corrected chi connectivity index (χ0v) is 15.7. The summed E-state index contributed by atoms with van der Waals surface area (Å²) < 4.78 is 27.4. The molecule has 0 radical (unpaired) electrons. The molecule has 4 N–H and O–H groups in total. The number of benzene rings is 2. The van der Waals surface area contributed by atoms with Gasteiger partial charge < -0.3 is 11.1 Å². The van der Waals surface area contributed by atoms with E-state index >= 15 is 0 Å². The van der Waals surface area contributed by atoms with E-state index in [1.54, 1.807) is 36.4 Å². The zero-order chi connectivity index (χ0) is 19.0. The summed E-state index contributed by atoms with van der Waals surface area (Å²) in [6.45, 7) is 0. The predicted molar refractivity (Wildman–Crippen MR) is 105 cm³/mol. The molecule has 4 unspecified atom stereocenters. The maximum atomic E-state index is 12.6. The molecule has 27 heavy (non-hydrogen) atoms. The maximum Gasteiger partial charge on any atom is 0.261 e. The van der Waals surface area contributed by atoms with Gasteiger partial charge in [0.2, 0.25) is 5.91 Å². The normalized spacial score (nSPS) is 26.7. The van der Waals surface area contributed by atoms with E-state index in [0.29, 0.717) is 23.2 Å². The summed E-state index contributed by atoms with van der Waals surface area (Å²) in [6.07, 6.45) is 3.23. The fraction of sp³-hybridized carbons (Fsp3) is 0.350. The van der Waals surface area contributed by atoms with Crippen LogP contribution in [0.4, 0.5) is 11.4 Å². The van der Waals surface area contributed by atoms with E-state index in [9.17, 15) is 13.2 Å². The molecule has 4 rings (SSSR count). The van der Waals surface area contributed by atoms with E-state index in [1.807, 2.05) is 6.07 Å². The fourth-order valence-corrected chi connectivity index (χ4v) is 5.45. The zero-order valence-electron chi connectivity index (χ0n) is 14.8. The van der Waals surface area contributed by atoms with Crippen LogP contribution < -0.4 is 15.8 Å². The number of hydrogen-bond donors (Lipinski definition) is 3. The van der Waals surface area contributed by atoms with Crippen LogP contribution in [0, 0.1) is 17.8 Å². The number of nitrogens with one attached hydrogen (secondary N) is 2. The molecule has 142 valence electrons. The number of rotatable bonds is 5. The summed E-state index contributed by atoms with van der Waals surface area (Å²) in [6, 6.07) is 14.8. The van der Waals surface area contributed by atoms with Gasteiger partial charge in [-0.15, -0.1) is 0 Å². The van der Waals surface area contributed by atoms with Crippen LogP contribution in [-0.2, 0) is 14.8 Å². The van der Waals surface area contributed by atoms with Crippen LogP contribution in [-0.4, -0.2) is 20.4 Å². The quantitative estimate of drug-likeness (QED) is 0.736. The summed E-state index contributed by atoms with van der Waals surface area (Å²) in [5, 5.41) is 2.89. The monoisotopic (exact) mass is 385 g/mol. The topological polar surface area (TPSA) is 101 Å². The van der Waals surface area contributed by atoms with Crippen molar-refractivity contribution in [3.8, 4) is 0 Å². The number of carbonyl (C=O) groups excluding carboxylic acids is 1. The Hall–Kier alpha value is -2.38. The van der Waals surface area contributed by atoms with Crippen LogP contribution in [0.15, 0.2) is 59.5 Å². The number of fused-ring (bicyclic) bond motifs is 2. The molecule has 2 saturated carbocycles. The lowest BCUT2D eigenvalue weighted by Crippen LogP contribution is -2.42. The Labute approximate surface area is 159 Å². The number of carbonyl (C=O) groups is 1. The minimum Gasteiger partial charge on any atom is -0.327 e. The number of para-hydroxylation sites is 1. The molecule has 2 aromatic rings. The van der Waals surface area contributed by atoms with E-state index < -0.39 is 10.0 Å². The molecule has 7 heteroatoms. The highest BCUT2D eigenvalue weighted by Crippen LogP contribution is 2.47. The fourth-order valence-electron chi connectivity index (χ4n) is 4.39. The van der Waals surface area contributed by atoms with Crippen molar-refractivity contribution < 1.29 is 13.2 Å². The molecule has 4 atom stereocenters. The minimum atomic E-state index is -3.67. The molecule has 2 bridgehead atoms. The second-order valence-electron chi connectivity index (χ2n) is 7.42. The Bertz CT molecular complexity index is 927. The molecule has 2 aliphatic rings. The molecule has 1 amide bonds. The van der Waals surface area contributed by atoms with Gasteiger partial charge in [-0.05, 0) is 67.5 Å². The summed E-state index contributed by atoms with van der Waals surface area (Å²) >= 11 is 0. The molecular formula is C20H23N3O3S. The Balaban J connectivity index is 1.44. The highest BCUT2D eigenvalue weighted by molar-refractivity contribution is 7.92. The number of nitrogens with two attached hydrogens (primary N) is 1. The maximum absolute atomic E-state index is 12.6. The first kappa shape index (κ1) is 18.0. The molecule has 0 heterocycles. The van der Waals surface area contributed by atoms with Gasteiger partial charge in [0.15, 0.2) is 0 Å². The van der Waals surface area contributed by atoms with E-state index in [0.717, 1.165) is 19.3 Å². The molecule has 2 aliphatic carbocycles. The first-order valence-corrected chi connectivity index (χ1v) is 10.7. The van der Waals surface area contributed by atoms with Gasteiger partial charge in [-0.2, -0.15) is 0 Å². The summed E-state index contributed by atoms with van der Waals surface area (Å²) in [5.74, 6) is 0.627. The lowest BCUT2D eigenvalue weighted by atomic mass is 9.84. The third-order valence-electron chi connectivity index (χ3n) is 5.74. The van der Waals surface area contributed by atoms with Crippen LogP contribution in [0.3, 0.4) is 0 Å². The first-order valence-electron chi connectivity index (χ1n) is 9.18. The number of anilines is 2. The Morgan fingerprint density at radius 1 is 0.926 bits per heavy atom. The molecular weight excluding hydrogens is 362 g/mol. The number of sulfonamides is 1. The van der Waals surface area contributed by atoms with Crippen molar-refractivity contribution in [1.82, 2.24) is 0 Å². The smallest absolute Gasteiger partial charge is 0.261 e.